The topological polar surface area (TPSA) is 127 Å². The quantitative estimate of drug-likeness (QED) is 0.199. The number of ether oxygens (including phenoxy) is 2. The number of rotatable bonds is 7. The number of methoxy groups -OCH3 is 2. The summed E-state index contributed by atoms with van der Waals surface area (Å²) in [7, 11) is -5.65. The number of hydrogen-bond acceptors (Lipinski definition) is 8. The van der Waals surface area contributed by atoms with E-state index in [0.29, 0.717) is 33.0 Å². The average Bonchev–Trinajstić information content (AvgIpc) is 3.04. The summed E-state index contributed by atoms with van der Waals surface area (Å²) in [5, 5.41) is 25.4. The molecule has 0 saturated heterocycles. The highest BCUT2D eigenvalue weighted by atomic mass is 32.2. The molecule has 0 radical (unpaired) electrons. The zero-order valence-corrected chi connectivity index (χ0v) is 25.2. The maximum Gasteiger partial charge on any atom is 0.210 e. The van der Waals surface area contributed by atoms with Crippen LogP contribution in [0, 0.1) is 0 Å². The van der Waals surface area contributed by atoms with Crippen molar-refractivity contribution >= 4 is 41.2 Å². The van der Waals surface area contributed by atoms with Gasteiger partial charge in [0.2, 0.25) is 19.7 Å². The second-order valence-corrected chi connectivity index (χ2v) is 13.8. The molecule has 0 unspecified atom stereocenters. The third-order valence-corrected chi connectivity index (χ3v) is 11.1. The van der Waals surface area contributed by atoms with Crippen LogP contribution in [0.5, 0.6) is 23.0 Å². The van der Waals surface area contributed by atoms with Crippen molar-refractivity contribution in [1.29, 1.82) is 0 Å². The fourth-order valence-corrected chi connectivity index (χ4v) is 8.08. The van der Waals surface area contributed by atoms with Crippen molar-refractivity contribution in [1.82, 2.24) is 0 Å². The number of phenols is 2. The van der Waals surface area contributed by atoms with Crippen molar-refractivity contribution in [2.24, 2.45) is 0 Å². The summed E-state index contributed by atoms with van der Waals surface area (Å²) >= 11 is 0. The Bertz CT molecular complexity index is 2110. The molecule has 0 saturated carbocycles. The molecule has 0 heterocycles. The van der Waals surface area contributed by atoms with E-state index in [1.54, 1.807) is 48.5 Å². The van der Waals surface area contributed by atoms with Crippen molar-refractivity contribution in [3.8, 4) is 34.1 Å². The lowest BCUT2D eigenvalue weighted by Gasteiger charge is -2.19. The van der Waals surface area contributed by atoms with Gasteiger partial charge in [-0.05, 0) is 82.2 Å². The van der Waals surface area contributed by atoms with Crippen LogP contribution in [0.3, 0.4) is 0 Å². The minimum atomic E-state index is -4.29. The van der Waals surface area contributed by atoms with E-state index in [4.69, 9.17) is 9.47 Å². The first-order chi connectivity index (χ1) is 21.1. The normalized spacial score (nSPS) is 12.0. The van der Waals surface area contributed by atoms with Gasteiger partial charge in [0.1, 0.15) is 32.8 Å². The van der Waals surface area contributed by atoms with Crippen molar-refractivity contribution in [3.05, 3.63) is 109 Å². The number of fused-ring (bicyclic) bond motifs is 2. The molecule has 6 rings (SSSR count). The van der Waals surface area contributed by atoms with Crippen molar-refractivity contribution in [2.45, 2.75) is 19.6 Å². The van der Waals surface area contributed by atoms with E-state index >= 15 is 0 Å². The van der Waals surface area contributed by atoms with E-state index < -0.39 is 41.0 Å². The van der Waals surface area contributed by atoms with Crippen molar-refractivity contribution in [2.75, 3.05) is 14.2 Å². The Hall–Kier alpha value is -5.06. The molecule has 0 fully saturated rings. The van der Waals surface area contributed by atoms with Crippen LogP contribution in [0.15, 0.2) is 129 Å². The Morgan fingerprint density at radius 3 is 1.18 bits per heavy atom. The van der Waals surface area contributed by atoms with Gasteiger partial charge in [0.15, 0.2) is 0 Å². The number of hydrogen-bond donors (Lipinski definition) is 2. The second-order valence-electron chi connectivity index (χ2n) is 10.00. The molecule has 0 aliphatic heterocycles. The fraction of sp³-hybridized carbons (Fsp3) is 0.0588. The van der Waals surface area contributed by atoms with Gasteiger partial charge in [-0.2, -0.15) is 0 Å². The summed E-state index contributed by atoms with van der Waals surface area (Å²) in [6, 6.07) is 27.8. The van der Waals surface area contributed by atoms with Gasteiger partial charge >= 0.3 is 0 Å². The monoisotopic (exact) mass is 626 g/mol. The van der Waals surface area contributed by atoms with Crippen molar-refractivity contribution in [3.63, 3.8) is 0 Å². The Balaban J connectivity index is 1.69. The molecule has 0 aliphatic rings. The number of phenolic OH excluding ortho intramolecular Hbond substituents is 2. The predicted octanol–water partition coefficient (Wildman–Crippen LogP) is 6.75. The standard InChI is InChI=1S/C34H26O8S2/c1-41-23-11-15-25(16-12-23)43(37,38)29-19-21-7-3-5-9-27(21)31(33(29)35)32-28-10-6-4-8-22(28)20-30(34(32)36)44(39,40)26-17-13-24(42-2)14-18-26/h3-20,35-36H,1-2H3. The number of sulfone groups is 2. The largest absolute Gasteiger partial charge is 0.506 e. The third-order valence-electron chi connectivity index (χ3n) is 7.54. The van der Waals surface area contributed by atoms with Crippen LogP contribution in [-0.2, 0) is 19.7 Å². The van der Waals surface area contributed by atoms with Gasteiger partial charge in [-0.25, -0.2) is 16.8 Å². The minimum Gasteiger partial charge on any atom is -0.506 e. The van der Waals surface area contributed by atoms with Gasteiger partial charge in [0.25, 0.3) is 0 Å². The van der Waals surface area contributed by atoms with E-state index in [1.807, 2.05) is 0 Å². The summed E-state index contributed by atoms with van der Waals surface area (Å²) in [4.78, 5) is -0.967. The van der Waals surface area contributed by atoms with Gasteiger partial charge in [-0.3, -0.25) is 0 Å². The maximum atomic E-state index is 13.9. The Morgan fingerprint density at radius 1 is 0.500 bits per heavy atom. The molecule has 0 atom stereocenters. The molecule has 0 aliphatic carbocycles. The molecule has 0 aromatic heterocycles. The molecular formula is C34H26O8S2. The van der Waals surface area contributed by atoms with E-state index in [1.165, 1.54) is 74.9 Å². The molecular weight excluding hydrogens is 601 g/mol. The lowest BCUT2D eigenvalue weighted by Crippen LogP contribution is -2.05. The maximum absolute atomic E-state index is 13.9. The van der Waals surface area contributed by atoms with Crippen LogP contribution in [0.1, 0.15) is 0 Å². The summed E-state index contributed by atoms with van der Waals surface area (Å²) in [6.45, 7) is 0. The second kappa shape index (κ2) is 10.9. The van der Waals surface area contributed by atoms with Gasteiger partial charge in [0.05, 0.1) is 24.0 Å². The average molecular weight is 627 g/mol. The van der Waals surface area contributed by atoms with Crippen LogP contribution in [0.2, 0.25) is 0 Å². The van der Waals surface area contributed by atoms with E-state index in [-0.39, 0.29) is 20.9 Å². The Labute approximate surface area is 254 Å². The summed E-state index contributed by atoms with van der Waals surface area (Å²) in [5.41, 5.74) is -0.0358. The Morgan fingerprint density at radius 2 is 0.841 bits per heavy atom. The lowest BCUT2D eigenvalue weighted by molar-refractivity contribution is 0.414. The van der Waals surface area contributed by atoms with Gasteiger partial charge in [-0.1, -0.05) is 48.5 Å². The van der Waals surface area contributed by atoms with Crippen LogP contribution in [0.4, 0.5) is 0 Å². The fourth-order valence-electron chi connectivity index (χ4n) is 5.30. The molecule has 222 valence electrons. The smallest absolute Gasteiger partial charge is 0.210 e. The third kappa shape index (κ3) is 4.68. The number of benzene rings is 6. The number of aromatic hydroxyl groups is 2. The van der Waals surface area contributed by atoms with E-state index in [2.05, 4.69) is 0 Å². The molecule has 0 bridgehead atoms. The zero-order chi connectivity index (χ0) is 31.2. The SMILES string of the molecule is COc1ccc(S(=O)(=O)c2cc3ccccc3c(-c3c(O)c(S(=O)(=O)c4ccc(OC)cc4)cc4ccccc34)c2O)cc1. The van der Waals surface area contributed by atoms with E-state index in [9.17, 15) is 27.0 Å². The molecule has 0 spiro atoms. The van der Waals surface area contributed by atoms with Crippen LogP contribution >= 0.6 is 0 Å². The molecule has 0 amide bonds. The molecule has 6 aromatic rings. The van der Waals surface area contributed by atoms with Crippen LogP contribution in [-0.4, -0.2) is 41.3 Å². The van der Waals surface area contributed by atoms with E-state index in [0.717, 1.165) is 0 Å². The van der Waals surface area contributed by atoms with Crippen LogP contribution in [0.25, 0.3) is 32.7 Å². The molecule has 44 heavy (non-hydrogen) atoms. The highest BCUT2D eigenvalue weighted by Gasteiger charge is 2.31. The summed E-state index contributed by atoms with van der Waals surface area (Å²) < 4.78 is 66.0. The zero-order valence-electron chi connectivity index (χ0n) is 23.6. The predicted molar refractivity (Wildman–Crippen MR) is 167 cm³/mol. The summed E-state index contributed by atoms with van der Waals surface area (Å²) in [6.07, 6.45) is 0. The van der Waals surface area contributed by atoms with Crippen molar-refractivity contribution < 1.29 is 36.5 Å². The van der Waals surface area contributed by atoms with Gasteiger partial charge in [0, 0.05) is 11.1 Å². The van der Waals surface area contributed by atoms with Gasteiger partial charge in [-0.15, -0.1) is 0 Å². The minimum absolute atomic E-state index is 0.0179. The Kier molecular flexibility index (Phi) is 7.19. The molecule has 10 heteroatoms. The van der Waals surface area contributed by atoms with Gasteiger partial charge < -0.3 is 19.7 Å². The first kappa shape index (κ1) is 29.0. The first-order valence-electron chi connectivity index (χ1n) is 13.4. The molecule has 8 nitrogen and oxygen atoms in total. The van der Waals surface area contributed by atoms with Crippen LogP contribution < -0.4 is 9.47 Å². The molecule has 6 aromatic carbocycles. The molecule has 2 N–H and O–H groups in total. The first-order valence-corrected chi connectivity index (χ1v) is 16.3. The highest BCUT2D eigenvalue weighted by Crippen LogP contribution is 2.50. The lowest BCUT2D eigenvalue weighted by atomic mass is 9.92. The summed E-state index contributed by atoms with van der Waals surface area (Å²) in [5.74, 6) is -0.338. The highest BCUT2D eigenvalue weighted by molar-refractivity contribution is 7.92.